The Bertz CT molecular complexity index is 1030. The first kappa shape index (κ1) is 18.7. The van der Waals surface area contributed by atoms with Crippen molar-refractivity contribution >= 4 is 45.7 Å². The van der Waals surface area contributed by atoms with Crippen molar-refractivity contribution in [2.45, 2.75) is 6.18 Å². The summed E-state index contributed by atoms with van der Waals surface area (Å²) in [5, 5.41) is 4.76. The van der Waals surface area contributed by atoms with Crippen molar-refractivity contribution in [1.82, 2.24) is 4.98 Å². The summed E-state index contributed by atoms with van der Waals surface area (Å²) in [4.78, 5) is 28.3. The molecule has 0 aliphatic carbocycles. The average Bonchev–Trinajstić information content (AvgIpc) is 2.62. The van der Waals surface area contributed by atoms with E-state index in [0.29, 0.717) is 17.3 Å². The van der Waals surface area contributed by atoms with Crippen LogP contribution in [0.2, 0.25) is 5.02 Å². The zero-order chi connectivity index (χ0) is 19.6. The molecule has 1 heterocycles. The minimum Gasteiger partial charge on any atom is -0.318 e. The maximum absolute atomic E-state index is 12.9. The van der Waals surface area contributed by atoms with Crippen LogP contribution in [0.25, 0.3) is 10.9 Å². The molecule has 0 radical (unpaired) electrons. The van der Waals surface area contributed by atoms with Crippen LogP contribution in [-0.4, -0.2) is 16.8 Å². The van der Waals surface area contributed by atoms with Gasteiger partial charge in [-0.15, -0.1) is 0 Å². The predicted molar refractivity (Wildman–Crippen MR) is 95.5 cm³/mol. The van der Waals surface area contributed by atoms with Gasteiger partial charge in [0.25, 0.3) is 0 Å². The van der Waals surface area contributed by atoms with E-state index in [0.717, 1.165) is 11.5 Å². The molecule has 3 aromatic rings. The number of benzene rings is 2. The molecule has 2 amide bonds. The first-order valence-electron chi connectivity index (χ1n) is 7.58. The van der Waals surface area contributed by atoms with Crippen LogP contribution >= 0.6 is 11.6 Å². The van der Waals surface area contributed by atoms with Crippen LogP contribution < -0.4 is 10.6 Å². The lowest BCUT2D eigenvalue weighted by Crippen LogP contribution is -2.29. The van der Waals surface area contributed by atoms with Crippen molar-refractivity contribution in [2.75, 3.05) is 10.6 Å². The van der Waals surface area contributed by atoms with Gasteiger partial charge in [-0.05, 0) is 30.3 Å². The minimum atomic E-state index is -4.69. The average molecular weight is 394 g/mol. The molecular formula is C18H11ClF3N3O2. The molecule has 0 atom stereocenters. The highest BCUT2D eigenvalue weighted by Crippen LogP contribution is 2.36. The van der Waals surface area contributed by atoms with E-state index in [9.17, 15) is 22.8 Å². The van der Waals surface area contributed by atoms with Crippen LogP contribution in [0.1, 0.15) is 5.56 Å². The van der Waals surface area contributed by atoms with Crippen LogP contribution in [0.3, 0.4) is 0 Å². The van der Waals surface area contributed by atoms with E-state index >= 15 is 0 Å². The van der Waals surface area contributed by atoms with Crippen molar-refractivity contribution in [3.8, 4) is 0 Å². The fourth-order valence-electron chi connectivity index (χ4n) is 2.39. The molecule has 27 heavy (non-hydrogen) atoms. The molecule has 1 aromatic heterocycles. The Balaban J connectivity index is 1.78. The van der Waals surface area contributed by atoms with Gasteiger partial charge in [-0.2, -0.15) is 13.2 Å². The molecule has 2 N–H and O–H groups in total. The Morgan fingerprint density at radius 2 is 1.67 bits per heavy atom. The van der Waals surface area contributed by atoms with Gasteiger partial charge in [0.1, 0.15) is 0 Å². The summed E-state index contributed by atoms with van der Waals surface area (Å²) < 4.78 is 38.6. The molecule has 2 aromatic carbocycles. The number of carbonyl (C=O) groups excluding carboxylic acids is 2. The minimum absolute atomic E-state index is 0.206. The first-order valence-corrected chi connectivity index (χ1v) is 7.96. The number of pyridine rings is 1. The second-order valence-electron chi connectivity index (χ2n) is 5.48. The molecule has 5 nitrogen and oxygen atoms in total. The molecule has 0 saturated carbocycles. The largest absolute Gasteiger partial charge is 0.417 e. The number of hydrogen-bond acceptors (Lipinski definition) is 3. The Labute approximate surface area is 156 Å². The molecule has 0 unspecified atom stereocenters. The number of alkyl halides is 3. The van der Waals surface area contributed by atoms with E-state index in [1.807, 2.05) is 0 Å². The standard InChI is InChI=1S/C18H11ClF3N3O2/c19-13-7-6-11(9-12(13)18(20,21)22)24-16(26)17(27)25-14-5-1-3-10-4-2-8-23-15(10)14/h1-9H,(H,24,26)(H,25,27). The van der Waals surface area contributed by atoms with E-state index in [1.165, 1.54) is 12.3 Å². The number of nitrogens with one attached hydrogen (secondary N) is 2. The number of aromatic nitrogens is 1. The van der Waals surface area contributed by atoms with E-state index in [4.69, 9.17) is 11.6 Å². The first-order chi connectivity index (χ1) is 12.8. The molecule has 0 saturated heterocycles. The molecule has 138 valence electrons. The fourth-order valence-corrected chi connectivity index (χ4v) is 2.62. The lowest BCUT2D eigenvalue weighted by molar-refractivity contribution is -0.137. The quantitative estimate of drug-likeness (QED) is 0.630. The highest BCUT2D eigenvalue weighted by atomic mass is 35.5. The predicted octanol–water partition coefficient (Wildman–Crippen LogP) is 4.48. The summed E-state index contributed by atoms with van der Waals surface area (Å²) in [6.45, 7) is 0. The molecule has 0 aliphatic heterocycles. The number of para-hydroxylation sites is 1. The maximum atomic E-state index is 12.9. The Hall–Kier alpha value is -3.13. The van der Waals surface area contributed by atoms with E-state index < -0.39 is 28.6 Å². The van der Waals surface area contributed by atoms with Crippen LogP contribution in [0.15, 0.2) is 54.7 Å². The van der Waals surface area contributed by atoms with Gasteiger partial charge >= 0.3 is 18.0 Å². The van der Waals surface area contributed by atoms with Crippen LogP contribution in [0, 0.1) is 0 Å². The van der Waals surface area contributed by atoms with E-state index in [2.05, 4.69) is 15.6 Å². The SMILES string of the molecule is O=C(Nc1ccc(Cl)c(C(F)(F)F)c1)C(=O)Nc1cccc2cccnc12. The Kier molecular flexibility index (Phi) is 5.00. The van der Waals surface area contributed by atoms with E-state index in [1.54, 1.807) is 30.3 Å². The fraction of sp³-hybridized carbons (Fsp3) is 0.0556. The summed E-state index contributed by atoms with van der Waals surface area (Å²) in [5.41, 5.74) is -0.532. The van der Waals surface area contributed by atoms with Gasteiger partial charge in [-0.1, -0.05) is 29.8 Å². The third kappa shape index (κ3) is 4.17. The van der Waals surface area contributed by atoms with Crippen molar-refractivity contribution in [3.63, 3.8) is 0 Å². The van der Waals surface area contributed by atoms with Crippen molar-refractivity contribution in [2.24, 2.45) is 0 Å². The number of carbonyl (C=O) groups is 2. The lowest BCUT2D eigenvalue weighted by atomic mass is 10.2. The van der Waals surface area contributed by atoms with Crippen LogP contribution in [-0.2, 0) is 15.8 Å². The Morgan fingerprint density at radius 3 is 2.41 bits per heavy atom. The lowest BCUT2D eigenvalue weighted by Gasteiger charge is -2.12. The third-order valence-electron chi connectivity index (χ3n) is 3.62. The van der Waals surface area contributed by atoms with Crippen molar-refractivity contribution < 1.29 is 22.8 Å². The van der Waals surface area contributed by atoms with Gasteiger partial charge in [-0.3, -0.25) is 14.6 Å². The molecule has 0 spiro atoms. The molecule has 0 bridgehead atoms. The summed E-state index contributed by atoms with van der Waals surface area (Å²) in [5.74, 6) is -2.17. The summed E-state index contributed by atoms with van der Waals surface area (Å²) >= 11 is 5.52. The van der Waals surface area contributed by atoms with Gasteiger partial charge in [0.15, 0.2) is 0 Å². The van der Waals surface area contributed by atoms with E-state index in [-0.39, 0.29) is 5.69 Å². The monoisotopic (exact) mass is 393 g/mol. The molecule has 0 fully saturated rings. The number of rotatable bonds is 2. The molecular weight excluding hydrogens is 383 g/mol. The highest BCUT2D eigenvalue weighted by Gasteiger charge is 2.33. The number of amides is 2. The number of halogens is 4. The second kappa shape index (κ2) is 7.24. The number of hydrogen-bond donors (Lipinski definition) is 2. The summed E-state index contributed by atoms with van der Waals surface area (Å²) in [7, 11) is 0. The zero-order valence-corrected chi connectivity index (χ0v) is 14.2. The maximum Gasteiger partial charge on any atom is 0.417 e. The van der Waals surface area contributed by atoms with Crippen LogP contribution in [0.4, 0.5) is 24.5 Å². The molecule has 9 heteroatoms. The number of nitrogens with zero attached hydrogens (tertiary/aromatic N) is 1. The number of fused-ring (bicyclic) bond motifs is 1. The van der Waals surface area contributed by atoms with Gasteiger partial charge in [0.05, 0.1) is 21.8 Å². The Morgan fingerprint density at radius 1 is 0.963 bits per heavy atom. The van der Waals surface area contributed by atoms with Gasteiger partial charge in [0.2, 0.25) is 0 Å². The normalized spacial score (nSPS) is 11.3. The zero-order valence-electron chi connectivity index (χ0n) is 13.5. The second-order valence-corrected chi connectivity index (χ2v) is 5.89. The van der Waals surface area contributed by atoms with Gasteiger partial charge in [-0.25, -0.2) is 0 Å². The summed E-state index contributed by atoms with van der Waals surface area (Å²) in [6, 6.07) is 11.3. The van der Waals surface area contributed by atoms with Crippen molar-refractivity contribution in [1.29, 1.82) is 0 Å². The smallest absolute Gasteiger partial charge is 0.318 e. The van der Waals surface area contributed by atoms with Gasteiger partial charge < -0.3 is 10.6 Å². The number of anilines is 2. The third-order valence-corrected chi connectivity index (χ3v) is 3.95. The highest BCUT2D eigenvalue weighted by molar-refractivity contribution is 6.44. The van der Waals surface area contributed by atoms with Crippen molar-refractivity contribution in [3.05, 3.63) is 65.3 Å². The topological polar surface area (TPSA) is 71.1 Å². The molecule has 0 aliphatic rings. The van der Waals surface area contributed by atoms with Crippen LogP contribution in [0.5, 0.6) is 0 Å². The summed E-state index contributed by atoms with van der Waals surface area (Å²) in [6.07, 6.45) is -3.15. The molecule has 3 rings (SSSR count). The van der Waals surface area contributed by atoms with Gasteiger partial charge in [0, 0.05) is 17.3 Å².